The van der Waals surface area contributed by atoms with Gasteiger partial charge in [-0.3, -0.25) is 0 Å². The lowest BCUT2D eigenvalue weighted by atomic mass is 10.3. The molecule has 0 atom stereocenters. The highest BCUT2D eigenvalue weighted by Crippen LogP contribution is 2.09. The average molecular weight is 251 g/mol. The van der Waals surface area contributed by atoms with E-state index in [-0.39, 0.29) is 0 Å². The minimum Gasteiger partial charge on any atom is -0.306 e. The Morgan fingerprint density at radius 1 is 1.57 bits per heavy atom. The van der Waals surface area contributed by atoms with Crippen molar-refractivity contribution in [1.82, 2.24) is 9.38 Å². The van der Waals surface area contributed by atoms with Gasteiger partial charge in [0.15, 0.2) is 0 Å². The van der Waals surface area contributed by atoms with E-state index in [4.69, 9.17) is 0 Å². The van der Waals surface area contributed by atoms with Crippen molar-refractivity contribution in [2.24, 2.45) is 0 Å². The summed E-state index contributed by atoms with van der Waals surface area (Å²) >= 11 is 3.41. The molecule has 0 N–H and O–H groups in total. The molecular weight excluding hydrogens is 240 g/mol. The average Bonchev–Trinajstić information content (AvgIpc) is 2.59. The predicted octanol–water partition coefficient (Wildman–Crippen LogP) is 3.13. The third kappa shape index (κ3) is 1.87. The summed E-state index contributed by atoms with van der Waals surface area (Å²) in [5.41, 5.74) is 3.27. The smallest absolute Gasteiger partial charge is 0.137 e. The molecular formula is C11H11BrN2. The SMILES string of the molecule is CC(=Cc1cn2ccccc2n1)CBr. The normalized spacial score (nSPS) is 12.3. The highest BCUT2D eigenvalue weighted by atomic mass is 79.9. The van der Waals surface area contributed by atoms with Gasteiger partial charge in [0.25, 0.3) is 0 Å². The fraction of sp³-hybridized carbons (Fsp3) is 0.182. The second kappa shape index (κ2) is 3.96. The fourth-order valence-corrected chi connectivity index (χ4v) is 1.48. The molecule has 0 aliphatic rings. The zero-order valence-electron chi connectivity index (χ0n) is 7.94. The zero-order valence-corrected chi connectivity index (χ0v) is 9.53. The molecule has 0 spiro atoms. The van der Waals surface area contributed by atoms with Gasteiger partial charge in [-0.05, 0) is 25.1 Å². The summed E-state index contributed by atoms with van der Waals surface area (Å²) in [5, 5.41) is 0.890. The molecule has 0 aliphatic heterocycles. The Kier molecular flexibility index (Phi) is 2.68. The number of imidazole rings is 1. The summed E-state index contributed by atoms with van der Waals surface area (Å²) in [6, 6.07) is 5.99. The fourth-order valence-electron chi connectivity index (χ4n) is 1.31. The number of hydrogen-bond acceptors (Lipinski definition) is 1. The number of nitrogens with zero attached hydrogens (tertiary/aromatic N) is 2. The molecule has 2 nitrogen and oxygen atoms in total. The number of rotatable bonds is 2. The van der Waals surface area contributed by atoms with Crippen LogP contribution in [0.25, 0.3) is 11.7 Å². The molecule has 2 rings (SSSR count). The van der Waals surface area contributed by atoms with Crippen LogP contribution in [0.4, 0.5) is 0 Å². The molecule has 0 unspecified atom stereocenters. The molecule has 0 amide bonds. The van der Waals surface area contributed by atoms with Gasteiger partial charge >= 0.3 is 0 Å². The van der Waals surface area contributed by atoms with Gasteiger partial charge in [-0.25, -0.2) is 4.98 Å². The number of aromatic nitrogens is 2. The molecule has 0 aromatic carbocycles. The highest BCUT2D eigenvalue weighted by Gasteiger charge is 1.97. The first-order valence-corrected chi connectivity index (χ1v) is 5.58. The van der Waals surface area contributed by atoms with E-state index in [1.54, 1.807) is 0 Å². The summed E-state index contributed by atoms with van der Waals surface area (Å²) in [6.45, 7) is 2.08. The van der Waals surface area contributed by atoms with E-state index >= 15 is 0 Å². The number of pyridine rings is 1. The molecule has 0 bridgehead atoms. The van der Waals surface area contributed by atoms with Crippen molar-refractivity contribution in [3.05, 3.63) is 41.9 Å². The predicted molar refractivity (Wildman–Crippen MR) is 62.6 cm³/mol. The zero-order chi connectivity index (χ0) is 9.97. The Morgan fingerprint density at radius 2 is 2.43 bits per heavy atom. The quantitative estimate of drug-likeness (QED) is 0.749. The molecule has 0 fully saturated rings. The van der Waals surface area contributed by atoms with Crippen molar-refractivity contribution in [3.8, 4) is 0 Å². The van der Waals surface area contributed by atoms with E-state index in [0.717, 1.165) is 16.7 Å². The van der Waals surface area contributed by atoms with Gasteiger partial charge in [-0.2, -0.15) is 0 Å². The van der Waals surface area contributed by atoms with Gasteiger partial charge in [0.2, 0.25) is 0 Å². The summed E-state index contributed by atoms with van der Waals surface area (Å²) in [6.07, 6.45) is 6.12. The summed E-state index contributed by atoms with van der Waals surface area (Å²) in [7, 11) is 0. The molecule has 2 aromatic rings. The first-order chi connectivity index (χ1) is 6.79. The lowest BCUT2D eigenvalue weighted by Crippen LogP contribution is -1.77. The van der Waals surface area contributed by atoms with E-state index in [1.165, 1.54) is 5.57 Å². The van der Waals surface area contributed by atoms with Crippen molar-refractivity contribution in [2.75, 3.05) is 5.33 Å². The number of alkyl halides is 1. The molecule has 72 valence electrons. The maximum absolute atomic E-state index is 4.47. The maximum atomic E-state index is 4.47. The third-order valence-corrected chi connectivity index (χ3v) is 2.87. The van der Waals surface area contributed by atoms with Gasteiger partial charge in [0.05, 0.1) is 5.69 Å². The van der Waals surface area contributed by atoms with Gasteiger partial charge < -0.3 is 4.40 Å². The molecule has 0 aliphatic carbocycles. The molecule has 2 heterocycles. The van der Waals surface area contributed by atoms with E-state index in [9.17, 15) is 0 Å². The Morgan fingerprint density at radius 3 is 3.14 bits per heavy atom. The van der Waals surface area contributed by atoms with E-state index in [2.05, 4.69) is 33.9 Å². The van der Waals surface area contributed by atoms with E-state index in [0.29, 0.717) is 0 Å². The lowest BCUT2D eigenvalue weighted by molar-refractivity contribution is 1.19. The topological polar surface area (TPSA) is 17.3 Å². The van der Waals surface area contributed by atoms with Crippen molar-refractivity contribution in [2.45, 2.75) is 6.92 Å². The Hall–Kier alpha value is -1.09. The van der Waals surface area contributed by atoms with Crippen LogP contribution in [0.15, 0.2) is 36.2 Å². The number of hydrogen-bond donors (Lipinski definition) is 0. The molecule has 0 saturated heterocycles. The minimum atomic E-state index is 0.890. The van der Waals surface area contributed by atoms with Crippen molar-refractivity contribution in [1.29, 1.82) is 0 Å². The Bertz CT molecular complexity index is 438. The largest absolute Gasteiger partial charge is 0.306 e. The first-order valence-electron chi connectivity index (χ1n) is 4.46. The van der Waals surface area contributed by atoms with Crippen LogP contribution < -0.4 is 0 Å². The number of halogens is 1. The van der Waals surface area contributed by atoms with Gasteiger partial charge in [-0.1, -0.05) is 27.6 Å². The molecule has 14 heavy (non-hydrogen) atoms. The standard InChI is InChI=1S/C11H11BrN2/c1-9(7-12)6-10-8-14-5-3-2-4-11(14)13-10/h2-6,8H,7H2,1H3. The van der Waals surface area contributed by atoms with Crippen molar-refractivity contribution >= 4 is 27.7 Å². The maximum Gasteiger partial charge on any atom is 0.137 e. The third-order valence-electron chi connectivity index (χ3n) is 1.99. The molecule has 3 heteroatoms. The summed E-state index contributed by atoms with van der Waals surface area (Å²) < 4.78 is 2.02. The summed E-state index contributed by atoms with van der Waals surface area (Å²) in [4.78, 5) is 4.47. The number of fused-ring (bicyclic) bond motifs is 1. The molecule has 0 radical (unpaired) electrons. The molecule has 2 aromatic heterocycles. The first kappa shape index (κ1) is 9.46. The van der Waals surface area contributed by atoms with Crippen LogP contribution in [0.5, 0.6) is 0 Å². The monoisotopic (exact) mass is 250 g/mol. The van der Waals surface area contributed by atoms with E-state index in [1.807, 2.05) is 35.0 Å². The van der Waals surface area contributed by atoms with Crippen LogP contribution in [0.2, 0.25) is 0 Å². The second-order valence-corrected chi connectivity index (χ2v) is 3.82. The van der Waals surface area contributed by atoms with Crippen LogP contribution in [0, 0.1) is 0 Å². The van der Waals surface area contributed by atoms with Crippen LogP contribution in [-0.2, 0) is 0 Å². The molecule has 0 saturated carbocycles. The van der Waals surface area contributed by atoms with Gasteiger partial charge in [0.1, 0.15) is 5.65 Å². The highest BCUT2D eigenvalue weighted by molar-refractivity contribution is 9.09. The Labute approximate surface area is 91.4 Å². The van der Waals surface area contributed by atoms with E-state index < -0.39 is 0 Å². The summed E-state index contributed by atoms with van der Waals surface area (Å²) in [5.74, 6) is 0. The minimum absolute atomic E-state index is 0.890. The van der Waals surface area contributed by atoms with Gasteiger partial charge in [-0.15, -0.1) is 0 Å². The number of allylic oxidation sites excluding steroid dienone is 1. The second-order valence-electron chi connectivity index (χ2n) is 3.26. The van der Waals surface area contributed by atoms with Crippen LogP contribution in [-0.4, -0.2) is 14.7 Å². The van der Waals surface area contributed by atoms with Crippen molar-refractivity contribution in [3.63, 3.8) is 0 Å². The van der Waals surface area contributed by atoms with Crippen LogP contribution >= 0.6 is 15.9 Å². The van der Waals surface area contributed by atoms with Crippen molar-refractivity contribution < 1.29 is 0 Å². The van der Waals surface area contributed by atoms with Crippen LogP contribution in [0.3, 0.4) is 0 Å². The lowest BCUT2D eigenvalue weighted by Gasteiger charge is -1.89. The van der Waals surface area contributed by atoms with Gasteiger partial charge in [0, 0.05) is 17.7 Å². The van der Waals surface area contributed by atoms with Crippen LogP contribution in [0.1, 0.15) is 12.6 Å². The Balaban J connectivity index is 2.45.